The Kier molecular flexibility index (Phi) is 5.71. The fraction of sp³-hybridized carbons (Fsp3) is 0.381. The number of carbonyl (C=O) groups is 1. The number of ether oxygens (including phenoxy) is 1. The van der Waals surface area contributed by atoms with Crippen LogP contribution in [-0.4, -0.2) is 19.0 Å². The van der Waals surface area contributed by atoms with Crippen LogP contribution in [0.2, 0.25) is 0 Å². The van der Waals surface area contributed by atoms with E-state index in [-0.39, 0.29) is 5.91 Å². The van der Waals surface area contributed by atoms with Crippen LogP contribution in [-0.2, 0) is 4.79 Å². The highest BCUT2D eigenvalue weighted by Gasteiger charge is 2.16. The molecule has 2 aromatic carbocycles. The van der Waals surface area contributed by atoms with Crippen molar-refractivity contribution in [2.75, 3.05) is 18.4 Å². The standard InChI is InChI=1S/C21H26N2O2/c1-15-6-5-7-16(2)21(15)25-19-9-4-3-8-18(19)23-20(24)11-10-17-12-13-22-14-17/h3-9,17,22H,10-14H2,1-2H3,(H,23,24). The van der Waals surface area contributed by atoms with Crippen molar-refractivity contribution < 1.29 is 9.53 Å². The zero-order valence-electron chi connectivity index (χ0n) is 15.0. The lowest BCUT2D eigenvalue weighted by Crippen LogP contribution is -2.15. The molecule has 2 aromatic rings. The average Bonchev–Trinajstić information content (AvgIpc) is 3.11. The Morgan fingerprint density at radius 2 is 1.92 bits per heavy atom. The molecule has 1 heterocycles. The molecule has 1 atom stereocenters. The van der Waals surface area contributed by atoms with Crippen molar-refractivity contribution in [1.82, 2.24) is 5.32 Å². The Bertz CT molecular complexity index is 716. The van der Waals surface area contributed by atoms with Crippen LogP contribution in [0.25, 0.3) is 0 Å². The second kappa shape index (κ2) is 8.17. The Morgan fingerprint density at radius 1 is 1.16 bits per heavy atom. The van der Waals surface area contributed by atoms with E-state index in [1.807, 2.05) is 56.3 Å². The number of carbonyl (C=O) groups excluding carboxylic acids is 1. The van der Waals surface area contributed by atoms with Gasteiger partial charge in [-0.2, -0.15) is 0 Å². The van der Waals surface area contributed by atoms with Gasteiger partial charge in [0.1, 0.15) is 5.75 Å². The van der Waals surface area contributed by atoms with Gasteiger partial charge in [0.15, 0.2) is 5.75 Å². The van der Waals surface area contributed by atoms with E-state index in [0.717, 1.165) is 42.1 Å². The zero-order chi connectivity index (χ0) is 17.6. The van der Waals surface area contributed by atoms with Gasteiger partial charge in [-0.25, -0.2) is 0 Å². The van der Waals surface area contributed by atoms with Crippen LogP contribution in [0, 0.1) is 19.8 Å². The maximum absolute atomic E-state index is 12.3. The van der Waals surface area contributed by atoms with E-state index < -0.39 is 0 Å². The molecule has 0 aromatic heterocycles. The van der Waals surface area contributed by atoms with Crippen molar-refractivity contribution in [2.24, 2.45) is 5.92 Å². The van der Waals surface area contributed by atoms with Gasteiger partial charge in [0.05, 0.1) is 5.69 Å². The fourth-order valence-corrected chi connectivity index (χ4v) is 3.24. The number of anilines is 1. The van der Waals surface area contributed by atoms with Crippen molar-refractivity contribution in [2.45, 2.75) is 33.1 Å². The molecule has 1 unspecified atom stereocenters. The van der Waals surface area contributed by atoms with Crippen LogP contribution < -0.4 is 15.4 Å². The molecule has 0 aliphatic carbocycles. The van der Waals surface area contributed by atoms with E-state index >= 15 is 0 Å². The first-order valence-corrected chi connectivity index (χ1v) is 8.97. The summed E-state index contributed by atoms with van der Waals surface area (Å²) in [4.78, 5) is 12.3. The van der Waals surface area contributed by atoms with Gasteiger partial charge in [0.2, 0.25) is 5.91 Å². The van der Waals surface area contributed by atoms with Gasteiger partial charge in [-0.05, 0) is 69.0 Å². The summed E-state index contributed by atoms with van der Waals surface area (Å²) in [5, 5.41) is 6.35. The molecule has 3 rings (SSSR count). The molecular weight excluding hydrogens is 312 g/mol. The summed E-state index contributed by atoms with van der Waals surface area (Å²) >= 11 is 0. The summed E-state index contributed by atoms with van der Waals surface area (Å²) in [5.41, 5.74) is 2.88. The summed E-state index contributed by atoms with van der Waals surface area (Å²) in [5.74, 6) is 2.19. The molecule has 1 fully saturated rings. The van der Waals surface area contributed by atoms with Gasteiger partial charge in [0, 0.05) is 6.42 Å². The number of aryl methyl sites for hydroxylation is 2. The Balaban J connectivity index is 1.67. The summed E-state index contributed by atoms with van der Waals surface area (Å²) in [6.07, 6.45) is 2.64. The number of hydrogen-bond donors (Lipinski definition) is 2. The van der Waals surface area contributed by atoms with Crippen molar-refractivity contribution >= 4 is 11.6 Å². The van der Waals surface area contributed by atoms with E-state index in [2.05, 4.69) is 10.6 Å². The summed E-state index contributed by atoms with van der Waals surface area (Å²) in [6.45, 7) is 6.15. The molecule has 1 aliphatic rings. The fourth-order valence-electron chi connectivity index (χ4n) is 3.24. The third kappa shape index (κ3) is 4.60. The van der Waals surface area contributed by atoms with Crippen LogP contribution in [0.4, 0.5) is 5.69 Å². The number of benzene rings is 2. The van der Waals surface area contributed by atoms with E-state index in [1.54, 1.807) is 0 Å². The Morgan fingerprint density at radius 3 is 2.64 bits per heavy atom. The number of para-hydroxylation sites is 3. The molecule has 0 spiro atoms. The van der Waals surface area contributed by atoms with Crippen molar-refractivity contribution in [1.29, 1.82) is 0 Å². The molecule has 1 saturated heterocycles. The minimum absolute atomic E-state index is 0.0458. The van der Waals surface area contributed by atoms with Gasteiger partial charge in [-0.15, -0.1) is 0 Å². The monoisotopic (exact) mass is 338 g/mol. The second-order valence-corrected chi connectivity index (χ2v) is 6.76. The second-order valence-electron chi connectivity index (χ2n) is 6.76. The average molecular weight is 338 g/mol. The molecule has 4 heteroatoms. The lowest BCUT2D eigenvalue weighted by atomic mass is 10.0. The lowest BCUT2D eigenvalue weighted by molar-refractivity contribution is -0.116. The maximum Gasteiger partial charge on any atom is 0.224 e. The molecule has 25 heavy (non-hydrogen) atoms. The van der Waals surface area contributed by atoms with Crippen molar-refractivity contribution in [3.63, 3.8) is 0 Å². The summed E-state index contributed by atoms with van der Waals surface area (Å²) < 4.78 is 6.13. The molecule has 4 nitrogen and oxygen atoms in total. The molecule has 2 N–H and O–H groups in total. The minimum Gasteiger partial charge on any atom is -0.455 e. The molecule has 0 bridgehead atoms. The normalized spacial score (nSPS) is 16.6. The van der Waals surface area contributed by atoms with Gasteiger partial charge in [-0.3, -0.25) is 4.79 Å². The lowest BCUT2D eigenvalue weighted by Gasteiger charge is -2.15. The number of amides is 1. The van der Waals surface area contributed by atoms with Crippen molar-refractivity contribution in [3.05, 3.63) is 53.6 Å². The van der Waals surface area contributed by atoms with Gasteiger partial charge in [0.25, 0.3) is 0 Å². The molecule has 0 saturated carbocycles. The number of nitrogens with one attached hydrogen (secondary N) is 2. The van der Waals surface area contributed by atoms with Crippen LogP contribution >= 0.6 is 0 Å². The van der Waals surface area contributed by atoms with Gasteiger partial charge in [-0.1, -0.05) is 30.3 Å². The zero-order valence-corrected chi connectivity index (χ0v) is 15.0. The minimum atomic E-state index is 0.0458. The maximum atomic E-state index is 12.3. The third-order valence-electron chi connectivity index (χ3n) is 4.72. The van der Waals surface area contributed by atoms with E-state index in [1.165, 1.54) is 6.42 Å². The van der Waals surface area contributed by atoms with Crippen LogP contribution in [0.15, 0.2) is 42.5 Å². The SMILES string of the molecule is Cc1cccc(C)c1Oc1ccccc1NC(=O)CCC1CCNC1. The predicted molar refractivity (Wildman–Crippen MR) is 101 cm³/mol. The number of hydrogen-bond acceptors (Lipinski definition) is 3. The highest BCUT2D eigenvalue weighted by Crippen LogP contribution is 2.33. The largest absolute Gasteiger partial charge is 0.455 e. The third-order valence-corrected chi connectivity index (χ3v) is 4.72. The van der Waals surface area contributed by atoms with Crippen LogP contribution in [0.3, 0.4) is 0 Å². The van der Waals surface area contributed by atoms with E-state index in [0.29, 0.717) is 18.1 Å². The quantitative estimate of drug-likeness (QED) is 0.819. The Labute approximate surface area is 149 Å². The first-order chi connectivity index (χ1) is 12.1. The number of rotatable bonds is 6. The van der Waals surface area contributed by atoms with E-state index in [4.69, 9.17) is 4.74 Å². The molecule has 1 amide bonds. The summed E-state index contributed by atoms with van der Waals surface area (Å²) in [6, 6.07) is 13.7. The van der Waals surface area contributed by atoms with Crippen molar-refractivity contribution in [3.8, 4) is 11.5 Å². The molecule has 132 valence electrons. The van der Waals surface area contributed by atoms with E-state index in [9.17, 15) is 4.79 Å². The summed E-state index contributed by atoms with van der Waals surface area (Å²) in [7, 11) is 0. The Hall–Kier alpha value is -2.33. The topological polar surface area (TPSA) is 50.4 Å². The highest BCUT2D eigenvalue weighted by atomic mass is 16.5. The molecule has 1 aliphatic heterocycles. The smallest absolute Gasteiger partial charge is 0.224 e. The van der Waals surface area contributed by atoms with Crippen LogP contribution in [0.1, 0.15) is 30.4 Å². The first kappa shape index (κ1) is 17.5. The van der Waals surface area contributed by atoms with Crippen LogP contribution in [0.5, 0.6) is 11.5 Å². The predicted octanol–water partition coefficient (Wildman–Crippen LogP) is 4.42. The van der Waals surface area contributed by atoms with Gasteiger partial charge < -0.3 is 15.4 Å². The molecular formula is C21H26N2O2. The van der Waals surface area contributed by atoms with Gasteiger partial charge >= 0.3 is 0 Å². The first-order valence-electron chi connectivity index (χ1n) is 8.97. The molecule has 0 radical (unpaired) electrons. The highest BCUT2D eigenvalue weighted by molar-refractivity contribution is 5.92.